The Morgan fingerprint density at radius 1 is 1.41 bits per heavy atom. The highest BCUT2D eigenvalue weighted by Crippen LogP contribution is 2.21. The van der Waals surface area contributed by atoms with Crippen LogP contribution in [0.25, 0.3) is 0 Å². The highest BCUT2D eigenvalue weighted by molar-refractivity contribution is 5.84. The van der Waals surface area contributed by atoms with E-state index in [1.54, 1.807) is 6.07 Å². The first-order chi connectivity index (χ1) is 10.5. The number of piperidine rings is 1. The van der Waals surface area contributed by atoms with E-state index >= 15 is 0 Å². The van der Waals surface area contributed by atoms with Crippen LogP contribution < -0.4 is 4.74 Å². The fourth-order valence-corrected chi connectivity index (χ4v) is 2.75. The average Bonchev–Trinajstić information content (AvgIpc) is 2.52. The maximum absolute atomic E-state index is 13.6. The van der Waals surface area contributed by atoms with Gasteiger partial charge in [-0.25, -0.2) is 9.18 Å². The predicted octanol–water partition coefficient (Wildman–Crippen LogP) is 2.23. The number of carbonyl (C=O) groups is 2. The van der Waals surface area contributed by atoms with E-state index in [4.69, 9.17) is 4.74 Å². The van der Waals surface area contributed by atoms with Crippen molar-refractivity contribution >= 4 is 11.9 Å². The Morgan fingerprint density at radius 2 is 2.18 bits per heavy atom. The van der Waals surface area contributed by atoms with Gasteiger partial charge in [-0.15, -0.1) is 0 Å². The molecule has 0 aliphatic carbocycles. The summed E-state index contributed by atoms with van der Waals surface area (Å²) in [5.41, 5.74) is 0.690. The minimum atomic E-state index is -0.955. The number of halogens is 1. The van der Waals surface area contributed by atoms with Crippen molar-refractivity contribution in [2.45, 2.75) is 38.1 Å². The van der Waals surface area contributed by atoms with Crippen molar-refractivity contribution in [3.05, 3.63) is 29.6 Å². The molecule has 0 aromatic heterocycles. The average molecular weight is 309 g/mol. The predicted molar refractivity (Wildman–Crippen MR) is 78.3 cm³/mol. The Balaban J connectivity index is 1.96. The molecule has 22 heavy (non-hydrogen) atoms. The molecule has 1 saturated heterocycles. The Labute approximate surface area is 128 Å². The van der Waals surface area contributed by atoms with E-state index in [1.165, 1.54) is 24.1 Å². The maximum Gasteiger partial charge on any atom is 0.326 e. The fourth-order valence-electron chi connectivity index (χ4n) is 2.75. The molecule has 0 radical (unpaired) electrons. The molecule has 0 bridgehead atoms. The van der Waals surface area contributed by atoms with E-state index < -0.39 is 17.8 Å². The number of hydrogen-bond donors (Lipinski definition) is 1. The second kappa shape index (κ2) is 7.24. The lowest BCUT2D eigenvalue weighted by atomic mass is 10.0. The number of ether oxygens (including phenoxy) is 1. The highest BCUT2D eigenvalue weighted by Gasteiger charge is 2.31. The van der Waals surface area contributed by atoms with Crippen LogP contribution >= 0.6 is 0 Å². The number of aryl methyl sites for hydroxylation is 1. The first kappa shape index (κ1) is 16.3. The van der Waals surface area contributed by atoms with E-state index in [2.05, 4.69) is 0 Å². The molecule has 1 heterocycles. The SMILES string of the molecule is COc1ccc(CCC(=O)N2CCCCC2C(=O)O)cc1F. The van der Waals surface area contributed by atoms with Crippen LogP contribution in [-0.2, 0) is 16.0 Å². The molecule has 1 aromatic carbocycles. The second-order valence-electron chi connectivity index (χ2n) is 5.41. The monoisotopic (exact) mass is 309 g/mol. The van der Waals surface area contributed by atoms with Gasteiger partial charge in [-0.3, -0.25) is 4.79 Å². The van der Waals surface area contributed by atoms with Gasteiger partial charge in [0.15, 0.2) is 11.6 Å². The number of nitrogens with zero attached hydrogens (tertiary/aromatic N) is 1. The molecule has 1 unspecified atom stereocenters. The van der Waals surface area contributed by atoms with E-state index in [0.29, 0.717) is 24.9 Å². The largest absolute Gasteiger partial charge is 0.494 e. The lowest BCUT2D eigenvalue weighted by Gasteiger charge is -2.33. The first-order valence-corrected chi connectivity index (χ1v) is 7.37. The molecule has 0 spiro atoms. The molecule has 1 amide bonds. The zero-order valence-electron chi connectivity index (χ0n) is 12.5. The summed E-state index contributed by atoms with van der Waals surface area (Å²) in [6.07, 6.45) is 2.70. The van der Waals surface area contributed by atoms with Crippen LogP contribution in [0.15, 0.2) is 18.2 Å². The van der Waals surface area contributed by atoms with Crippen LogP contribution in [0.5, 0.6) is 5.75 Å². The third kappa shape index (κ3) is 3.75. The fraction of sp³-hybridized carbons (Fsp3) is 0.500. The number of rotatable bonds is 5. The normalized spacial score (nSPS) is 18.1. The molecule has 1 aliphatic heterocycles. The molecular formula is C16H20FNO4. The second-order valence-corrected chi connectivity index (χ2v) is 5.41. The highest BCUT2D eigenvalue weighted by atomic mass is 19.1. The van der Waals surface area contributed by atoms with Gasteiger partial charge >= 0.3 is 5.97 Å². The van der Waals surface area contributed by atoms with Crippen molar-refractivity contribution in [2.75, 3.05) is 13.7 Å². The van der Waals surface area contributed by atoms with Gasteiger partial charge in [-0.2, -0.15) is 0 Å². The van der Waals surface area contributed by atoms with E-state index in [1.807, 2.05) is 0 Å². The third-order valence-corrected chi connectivity index (χ3v) is 3.95. The number of carbonyl (C=O) groups excluding carboxylic acids is 1. The van der Waals surface area contributed by atoms with Crippen molar-refractivity contribution in [3.8, 4) is 5.75 Å². The molecule has 0 saturated carbocycles. The van der Waals surface area contributed by atoms with Crippen LogP contribution in [-0.4, -0.2) is 41.6 Å². The molecule has 1 atom stereocenters. The number of amides is 1. The number of carboxylic acid groups (broad SMARTS) is 1. The number of carboxylic acids is 1. The molecule has 2 rings (SSSR count). The summed E-state index contributed by atoms with van der Waals surface area (Å²) in [7, 11) is 1.39. The Kier molecular flexibility index (Phi) is 5.35. The summed E-state index contributed by atoms with van der Waals surface area (Å²) < 4.78 is 18.4. The first-order valence-electron chi connectivity index (χ1n) is 7.37. The standard InChI is InChI=1S/C16H20FNO4/c1-22-14-7-5-11(10-12(14)17)6-8-15(19)18-9-3-2-4-13(18)16(20)21/h5,7,10,13H,2-4,6,8-9H2,1H3,(H,20,21). The van der Waals surface area contributed by atoms with Gasteiger partial charge < -0.3 is 14.7 Å². The van der Waals surface area contributed by atoms with E-state index in [0.717, 1.165) is 12.8 Å². The topological polar surface area (TPSA) is 66.8 Å². The zero-order chi connectivity index (χ0) is 16.1. The number of benzene rings is 1. The molecule has 1 aliphatic rings. The molecule has 1 fully saturated rings. The van der Waals surface area contributed by atoms with Crippen molar-refractivity contribution < 1.29 is 23.8 Å². The van der Waals surface area contributed by atoms with Crippen LogP contribution in [0.3, 0.4) is 0 Å². The van der Waals surface area contributed by atoms with E-state index in [9.17, 15) is 19.1 Å². The smallest absolute Gasteiger partial charge is 0.326 e. The minimum Gasteiger partial charge on any atom is -0.494 e. The lowest BCUT2D eigenvalue weighted by Crippen LogP contribution is -2.48. The Morgan fingerprint density at radius 3 is 2.82 bits per heavy atom. The van der Waals surface area contributed by atoms with Gasteiger partial charge in [-0.05, 0) is 43.4 Å². The van der Waals surface area contributed by atoms with Gasteiger partial charge in [0.05, 0.1) is 7.11 Å². The van der Waals surface area contributed by atoms with Gasteiger partial charge in [0.1, 0.15) is 6.04 Å². The molecule has 6 heteroatoms. The Bertz CT molecular complexity index is 561. The lowest BCUT2D eigenvalue weighted by molar-refractivity contribution is -0.152. The molecule has 5 nitrogen and oxygen atoms in total. The summed E-state index contributed by atoms with van der Waals surface area (Å²) in [4.78, 5) is 24.9. The summed E-state index contributed by atoms with van der Waals surface area (Å²) in [5, 5.41) is 9.18. The summed E-state index contributed by atoms with van der Waals surface area (Å²) in [6, 6.07) is 3.85. The summed E-state index contributed by atoms with van der Waals surface area (Å²) in [5.74, 6) is -1.45. The summed E-state index contributed by atoms with van der Waals surface area (Å²) in [6.45, 7) is 0.479. The van der Waals surface area contributed by atoms with Crippen molar-refractivity contribution in [2.24, 2.45) is 0 Å². The van der Waals surface area contributed by atoms with Crippen LogP contribution in [0.4, 0.5) is 4.39 Å². The molecule has 1 aromatic rings. The number of hydrogen-bond acceptors (Lipinski definition) is 3. The number of likely N-dealkylation sites (tertiary alicyclic amines) is 1. The van der Waals surface area contributed by atoms with Gasteiger partial charge in [0.25, 0.3) is 0 Å². The zero-order valence-corrected chi connectivity index (χ0v) is 12.5. The van der Waals surface area contributed by atoms with Crippen LogP contribution in [0, 0.1) is 5.82 Å². The van der Waals surface area contributed by atoms with Crippen LogP contribution in [0.2, 0.25) is 0 Å². The van der Waals surface area contributed by atoms with Crippen molar-refractivity contribution in [1.82, 2.24) is 4.90 Å². The van der Waals surface area contributed by atoms with Crippen LogP contribution in [0.1, 0.15) is 31.2 Å². The van der Waals surface area contributed by atoms with E-state index in [-0.39, 0.29) is 18.1 Å². The van der Waals surface area contributed by atoms with Gasteiger partial charge in [0.2, 0.25) is 5.91 Å². The quantitative estimate of drug-likeness (QED) is 0.906. The number of aliphatic carboxylic acids is 1. The maximum atomic E-state index is 13.6. The van der Waals surface area contributed by atoms with Gasteiger partial charge in [0, 0.05) is 13.0 Å². The molecule has 120 valence electrons. The Hall–Kier alpha value is -2.11. The minimum absolute atomic E-state index is 0.164. The molecule has 1 N–H and O–H groups in total. The summed E-state index contributed by atoms with van der Waals surface area (Å²) >= 11 is 0. The van der Waals surface area contributed by atoms with Crippen molar-refractivity contribution in [3.63, 3.8) is 0 Å². The third-order valence-electron chi connectivity index (χ3n) is 3.95. The van der Waals surface area contributed by atoms with Crippen molar-refractivity contribution in [1.29, 1.82) is 0 Å². The number of methoxy groups -OCH3 is 1. The van der Waals surface area contributed by atoms with Gasteiger partial charge in [-0.1, -0.05) is 6.07 Å². The molecular weight excluding hydrogens is 289 g/mol.